The molecule has 0 saturated heterocycles. The number of phenols is 1. The van der Waals surface area contributed by atoms with Crippen LogP contribution in [-0.4, -0.2) is 10.1 Å². The summed E-state index contributed by atoms with van der Waals surface area (Å²) in [7, 11) is 0. The minimum Gasteiger partial charge on any atom is -0.506 e. The van der Waals surface area contributed by atoms with Gasteiger partial charge in [0.1, 0.15) is 5.75 Å². The van der Waals surface area contributed by atoms with Crippen LogP contribution in [0, 0.1) is 0 Å². The van der Waals surface area contributed by atoms with Gasteiger partial charge in [-0.3, -0.25) is 0 Å². The summed E-state index contributed by atoms with van der Waals surface area (Å²) in [6, 6.07) is 5.08. The second-order valence-electron chi connectivity index (χ2n) is 2.37. The van der Waals surface area contributed by atoms with Gasteiger partial charge in [-0.15, -0.1) is 0 Å². The third kappa shape index (κ3) is 1.08. The van der Waals surface area contributed by atoms with Crippen molar-refractivity contribution in [1.29, 1.82) is 0 Å². The first kappa shape index (κ1) is 7.61. The minimum atomic E-state index is 0.156. The molecule has 1 aromatic carbocycles. The maximum Gasteiger partial charge on any atom is 0.206 e. The number of phenolic OH excluding ortho intramolecular Hbond substituents is 1. The van der Waals surface area contributed by atoms with Gasteiger partial charge in [0.2, 0.25) is 5.89 Å². The molecule has 1 N–H and O–H groups in total. The maximum atomic E-state index is 9.34. The number of rotatable bonds is 1. The van der Waals surface area contributed by atoms with Gasteiger partial charge in [0.15, 0.2) is 11.1 Å². The summed E-state index contributed by atoms with van der Waals surface area (Å²) in [5.74, 6) is 0.731. The number of hydrogen-bond donors (Lipinski definition) is 1. The lowest BCUT2D eigenvalue weighted by molar-refractivity contribution is 0.480. The zero-order valence-electron chi connectivity index (χ0n) is 6.12. The molecule has 0 atom stereocenters. The lowest BCUT2D eigenvalue weighted by Gasteiger charge is -1.87. The topological polar surface area (TPSA) is 46.3 Å². The van der Waals surface area contributed by atoms with Crippen molar-refractivity contribution < 1.29 is 9.52 Å². The van der Waals surface area contributed by atoms with Crippen LogP contribution in [0.15, 0.2) is 22.6 Å². The highest BCUT2D eigenvalue weighted by Gasteiger charge is 2.06. The molecule has 1 aromatic heterocycles. The van der Waals surface area contributed by atoms with E-state index in [1.165, 1.54) is 0 Å². The molecule has 0 saturated carbocycles. The van der Waals surface area contributed by atoms with Crippen molar-refractivity contribution in [3.8, 4) is 5.75 Å². The van der Waals surface area contributed by atoms with Crippen molar-refractivity contribution in [2.24, 2.45) is 0 Å². The predicted octanol–water partition coefficient (Wildman–Crippen LogP) is 2.43. The first-order valence-corrected chi connectivity index (χ1v) is 4.57. The molecule has 0 spiro atoms. The summed E-state index contributed by atoms with van der Waals surface area (Å²) < 4.78 is 5.28. The number of aromatic nitrogens is 1. The van der Waals surface area contributed by atoms with Crippen LogP contribution in [0.3, 0.4) is 0 Å². The SMILES string of the molecule is Oc1cccc2oc(CBr)nc12. The van der Waals surface area contributed by atoms with Crippen LogP contribution >= 0.6 is 15.9 Å². The van der Waals surface area contributed by atoms with Crippen LogP contribution in [0.5, 0.6) is 5.75 Å². The average Bonchev–Trinajstić information content (AvgIpc) is 2.49. The van der Waals surface area contributed by atoms with Gasteiger partial charge in [-0.25, -0.2) is 4.98 Å². The van der Waals surface area contributed by atoms with Crippen LogP contribution in [0.25, 0.3) is 11.1 Å². The number of oxazole rings is 1. The molecular formula is C8H6BrNO2. The molecule has 0 bridgehead atoms. The minimum absolute atomic E-state index is 0.156. The highest BCUT2D eigenvalue weighted by atomic mass is 79.9. The molecule has 62 valence electrons. The van der Waals surface area contributed by atoms with Gasteiger partial charge in [-0.1, -0.05) is 22.0 Å². The number of hydrogen-bond acceptors (Lipinski definition) is 3. The Kier molecular flexibility index (Phi) is 1.77. The molecule has 0 fully saturated rings. The molecule has 0 aliphatic rings. The molecule has 0 unspecified atom stereocenters. The summed E-state index contributed by atoms with van der Waals surface area (Å²) in [5, 5.41) is 9.90. The van der Waals surface area contributed by atoms with E-state index in [2.05, 4.69) is 20.9 Å². The van der Waals surface area contributed by atoms with Crippen LogP contribution in [0.1, 0.15) is 5.89 Å². The Hall–Kier alpha value is -1.03. The van der Waals surface area contributed by atoms with E-state index in [0.29, 0.717) is 22.3 Å². The number of aromatic hydroxyl groups is 1. The first-order valence-electron chi connectivity index (χ1n) is 3.44. The summed E-state index contributed by atoms with van der Waals surface area (Å²) in [4.78, 5) is 4.07. The summed E-state index contributed by atoms with van der Waals surface area (Å²) in [6.45, 7) is 0. The fourth-order valence-electron chi connectivity index (χ4n) is 1.04. The average molecular weight is 228 g/mol. The molecule has 2 aromatic rings. The fourth-order valence-corrected chi connectivity index (χ4v) is 1.28. The van der Waals surface area contributed by atoms with Crippen molar-refractivity contribution in [2.45, 2.75) is 5.33 Å². The van der Waals surface area contributed by atoms with Gasteiger partial charge in [-0.05, 0) is 12.1 Å². The van der Waals surface area contributed by atoms with Gasteiger partial charge in [0.05, 0.1) is 5.33 Å². The summed E-state index contributed by atoms with van der Waals surface area (Å²) in [5.41, 5.74) is 1.14. The van der Waals surface area contributed by atoms with E-state index in [9.17, 15) is 5.11 Å². The van der Waals surface area contributed by atoms with E-state index >= 15 is 0 Å². The van der Waals surface area contributed by atoms with E-state index in [1.54, 1.807) is 18.2 Å². The van der Waals surface area contributed by atoms with Crippen LogP contribution in [0.4, 0.5) is 0 Å². The Balaban J connectivity index is 2.74. The Labute approximate surface area is 77.2 Å². The molecule has 0 amide bonds. The highest BCUT2D eigenvalue weighted by molar-refractivity contribution is 9.08. The molecule has 0 aliphatic carbocycles. The largest absolute Gasteiger partial charge is 0.506 e. The molecule has 1 heterocycles. The first-order chi connectivity index (χ1) is 5.81. The lowest BCUT2D eigenvalue weighted by Crippen LogP contribution is -1.73. The molecule has 3 nitrogen and oxygen atoms in total. The van der Waals surface area contributed by atoms with Gasteiger partial charge in [-0.2, -0.15) is 0 Å². The molecule has 4 heteroatoms. The molecule has 0 radical (unpaired) electrons. The Morgan fingerprint density at radius 1 is 1.50 bits per heavy atom. The summed E-state index contributed by atoms with van der Waals surface area (Å²) in [6.07, 6.45) is 0. The number of alkyl halides is 1. The van der Waals surface area contributed by atoms with Gasteiger partial charge in [0, 0.05) is 0 Å². The van der Waals surface area contributed by atoms with Crippen LogP contribution < -0.4 is 0 Å². The maximum absolute atomic E-state index is 9.34. The zero-order valence-corrected chi connectivity index (χ0v) is 7.71. The third-order valence-corrected chi connectivity index (χ3v) is 2.04. The predicted molar refractivity (Wildman–Crippen MR) is 48.3 cm³/mol. The highest BCUT2D eigenvalue weighted by Crippen LogP contribution is 2.24. The molecule has 12 heavy (non-hydrogen) atoms. The molecular weight excluding hydrogens is 222 g/mol. The van der Waals surface area contributed by atoms with E-state index in [-0.39, 0.29) is 5.75 Å². The second-order valence-corrected chi connectivity index (χ2v) is 2.93. The fraction of sp³-hybridized carbons (Fsp3) is 0.125. The van der Waals surface area contributed by atoms with Crippen molar-refractivity contribution in [2.75, 3.05) is 0 Å². The van der Waals surface area contributed by atoms with E-state index in [1.807, 2.05) is 0 Å². The molecule has 2 rings (SSSR count). The van der Waals surface area contributed by atoms with Gasteiger partial charge < -0.3 is 9.52 Å². The monoisotopic (exact) mass is 227 g/mol. The van der Waals surface area contributed by atoms with Crippen molar-refractivity contribution in [3.05, 3.63) is 24.1 Å². The quantitative estimate of drug-likeness (QED) is 0.762. The molecule has 0 aliphatic heterocycles. The Bertz CT molecular complexity index is 410. The normalized spacial score (nSPS) is 10.8. The third-order valence-electron chi connectivity index (χ3n) is 1.56. The van der Waals surface area contributed by atoms with E-state index in [4.69, 9.17) is 4.42 Å². The van der Waals surface area contributed by atoms with Crippen molar-refractivity contribution in [1.82, 2.24) is 4.98 Å². The Morgan fingerprint density at radius 3 is 3.00 bits per heavy atom. The Morgan fingerprint density at radius 2 is 2.33 bits per heavy atom. The standard InChI is InChI=1S/C8H6BrNO2/c9-4-7-10-8-5(11)2-1-3-6(8)12-7/h1-3,11H,4H2. The number of benzene rings is 1. The van der Waals surface area contributed by atoms with E-state index in [0.717, 1.165) is 0 Å². The number of halogens is 1. The van der Waals surface area contributed by atoms with Crippen LogP contribution in [-0.2, 0) is 5.33 Å². The second kappa shape index (κ2) is 2.79. The van der Waals surface area contributed by atoms with Gasteiger partial charge in [0.25, 0.3) is 0 Å². The number of para-hydroxylation sites is 1. The van der Waals surface area contributed by atoms with Crippen molar-refractivity contribution in [3.63, 3.8) is 0 Å². The summed E-state index contributed by atoms with van der Waals surface area (Å²) >= 11 is 3.22. The lowest BCUT2D eigenvalue weighted by atomic mass is 10.3. The van der Waals surface area contributed by atoms with Crippen molar-refractivity contribution >= 4 is 27.0 Å². The van der Waals surface area contributed by atoms with E-state index < -0.39 is 0 Å². The number of nitrogens with zero attached hydrogens (tertiary/aromatic N) is 1. The van der Waals surface area contributed by atoms with Gasteiger partial charge >= 0.3 is 0 Å². The zero-order chi connectivity index (χ0) is 8.55. The smallest absolute Gasteiger partial charge is 0.206 e. The van der Waals surface area contributed by atoms with Crippen LogP contribution in [0.2, 0.25) is 0 Å². The number of fused-ring (bicyclic) bond motifs is 1.